The Morgan fingerprint density at radius 2 is 1.74 bits per heavy atom. The van der Waals surface area contributed by atoms with Crippen molar-refractivity contribution < 1.29 is 55.3 Å². The highest BCUT2D eigenvalue weighted by atomic mass is 19.4. The first-order valence-electron chi connectivity index (χ1n) is 13.0. The molecule has 43 heavy (non-hydrogen) atoms. The summed E-state index contributed by atoms with van der Waals surface area (Å²) in [4.78, 5) is 26.9. The van der Waals surface area contributed by atoms with Crippen LogP contribution in [0.5, 0.6) is 5.75 Å². The topological polar surface area (TPSA) is 108 Å². The highest BCUT2D eigenvalue weighted by Crippen LogP contribution is 2.54. The van der Waals surface area contributed by atoms with Gasteiger partial charge in [0.15, 0.2) is 0 Å². The lowest BCUT2D eigenvalue weighted by atomic mass is 9.83. The van der Waals surface area contributed by atoms with E-state index < -0.39 is 78.2 Å². The zero-order valence-corrected chi connectivity index (χ0v) is 22.2. The van der Waals surface area contributed by atoms with Gasteiger partial charge < -0.3 is 25.6 Å². The van der Waals surface area contributed by atoms with E-state index in [4.69, 9.17) is 14.9 Å². The summed E-state index contributed by atoms with van der Waals surface area (Å²) in [6, 6.07) is 4.73. The average Bonchev–Trinajstić information content (AvgIpc) is 3.44. The van der Waals surface area contributed by atoms with E-state index in [1.54, 1.807) is 0 Å². The number of fused-ring (bicyclic) bond motifs is 2. The van der Waals surface area contributed by atoms with Crippen molar-refractivity contribution in [2.45, 2.75) is 31.2 Å². The molecular formula is C29H25F7N2O5. The fraction of sp³-hybridized carbons (Fsp3) is 0.379. The third kappa shape index (κ3) is 7.29. The predicted molar refractivity (Wildman–Crippen MR) is 138 cm³/mol. The Kier molecular flexibility index (Phi) is 9.36. The Hall–Kier alpha value is -4.09. The fourth-order valence-corrected chi connectivity index (χ4v) is 5.66. The number of amides is 2. The number of carbonyl (C=O) groups is 2. The van der Waals surface area contributed by atoms with Crippen LogP contribution in [0.1, 0.15) is 34.3 Å². The summed E-state index contributed by atoms with van der Waals surface area (Å²) in [5, 5.41) is 23.0. The van der Waals surface area contributed by atoms with Gasteiger partial charge in [-0.3, -0.25) is 9.59 Å². The standard InChI is InChI=1S/C29H25F7N2O5/c30-22-7-4-16(13-21(22)29(34,35)36)37-27(42)24-17-5-6-18(20(17)14-28(31,32)33)25(24)38-26(41)19-12-15(2-1-9-39)3-8-23(19)43-11-10-40/h3-4,7-8,12-14,17-18,24-25,39-40H,5-6,9-11H2,(H,37,42)(H,38,41)/b20-14-/t17-,18+,24-,25+/m0/s1. The van der Waals surface area contributed by atoms with Crippen LogP contribution < -0.4 is 15.4 Å². The lowest BCUT2D eigenvalue weighted by Crippen LogP contribution is -2.48. The van der Waals surface area contributed by atoms with Crippen LogP contribution in [0.3, 0.4) is 0 Å². The van der Waals surface area contributed by atoms with E-state index in [9.17, 15) is 40.3 Å². The molecule has 230 valence electrons. The highest BCUT2D eigenvalue weighted by molar-refractivity contribution is 5.99. The van der Waals surface area contributed by atoms with Crippen LogP contribution in [-0.2, 0) is 11.0 Å². The molecule has 0 unspecified atom stereocenters. The quantitative estimate of drug-likeness (QED) is 0.210. The molecule has 0 saturated heterocycles. The molecule has 4 rings (SSSR count). The number of rotatable bonds is 7. The maximum absolute atomic E-state index is 13.8. The molecule has 2 bridgehead atoms. The van der Waals surface area contributed by atoms with Crippen molar-refractivity contribution in [3.05, 3.63) is 70.6 Å². The zero-order chi connectivity index (χ0) is 31.5. The lowest BCUT2D eigenvalue weighted by molar-refractivity contribution is -0.140. The minimum Gasteiger partial charge on any atom is -0.490 e. The number of allylic oxidation sites excluding steroid dienone is 1. The van der Waals surface area contributed by atoms with Crippen LogP contribution in [0.25, 0.3) is 0 Å². The number of ether oxygens (including phenoxy) is 1. The van der Waals surface area contributed by atoms with Crippen LogP contribution in [0, 0.1) is 35.4 Å². The molecule has 2 aliphatic carbocycles. The van der Waals surface area contributed by atoms with Crippen molar-refractivity contribution in [1.82, 2.24) is 5.32 Å². The number of halogens is 7. The second-order valence-corrected chi connectivity index (χ2v) is 9.93. The average molecular weight is 615 g/mol. The molecule has 2 aliphatic rings. The molecule has 2 aromatic carbocycles. The van der Waals surface area contributed by atoms with Gasteiger partial charge in [-0.25, -0.2) is 4.39 Å². The number of carbonyl (C=O) groups excluding carboxylic acids is 2. The number of aliphatic hydroxyl groups excluding tert-OH is 2. The molecule has 7 nitrogen and oxygen atoms in total. The van der Waals surface area contributed by atoms with Crippen LogP contribution >= 0.6 is 0 Å². The number of hydrogen-bond donors (Lipinski definition) is 4. The number of nitrogens with one attached hydrogen (secondary N) is 2. The van der Waals surface area contributed by atoms with Gasteiger partial charge in [0.05, 0.1) is 23.7 Å². The van der Waals surface area contributed by atoms with Crippen LogP contribution in [0.2, 0.25) is 0 Å². The largest absolute Gasteiger partial charge is 0.490 e. The van der Waals surface area contributed by atoms with Crippen molar-refractivity contribution in [2.75, 3.05) is 25.1 Å². The van der Waals surface area contributed by atoms with E-state index >= 15 is 0 Å². The molecule has 2 amide bonds. The molecule has 14 heteroatoms. The summed E-state index contributed by atoms with van der Waals surface area (Å²) >= 11 is 0. The lowest BCUT2D eigenvalue weighted by Gasteiger charge is -2.30. The monoisotopic (exact) mass is 614 g/mol. The number of benzene rings is 2. The summed E-state index contributed by atoms with van der Waals surface area (Å²) in [6.07, 6.45) is -9.36. The third-order valence-electron chi connectivity index (χ3n) is 7.25. The van der Waals surface area contributed by atoms with Gasteiger partial charge in [0.1, 0.15) is 24.8 Å². The Labute approximate surface area is 240 Å². The smallest absolute Gasteiger partial charge is 0.419 e. The second-order valence-electron chi connectivity index (χ2n) is 9.93. The summed E-state index contributed by atoms with van der Waals surface area (Å²) in [5.41, 5.74) is -2.02. The molecule has 0 spiro atoms. The highest BCUT2D eigenvalue weighted by Gasteiger charge is 2.55. The van der Waals surface area contributed by atoms with Crippen molar-refractivity contribution in [3.63, 3.8) is 0 Å². The predicted octanol–water partition coefficient (Wildman–Crippen LogP) is 4.44. The molecular weight excluding hydrogens is 589 g/mol. The first-order chi connectivity index (χ1) is 20.2. The minimum atomic E-state index is -5.07. The molecule has 0 aromatic heterocycles. The fourth-order valence-electron chi connectivity index (χ4n) is 5.66. The maximum atomic E-state index is 13.8. The number of hydrogen-bond acceptors (Lipinski definition) is 5. The van der Waals surface area contributed by atoms with Gasteiger partial charge in [0.25, 0.3) is 5.91 Å². The van der Waals surface area contributed by atoms with Crippen LogP contribution in [-0.4, -0.2) is 54.1 Å². The van der Waals surface area contributed by atoms with E-state index in [-0.39, 0.29) is 48.0 Å². The number of anilines is 1. The summed E-state index contributed by atoms with van der Waals surface area (Å²) < 4.78 is 99.2. The van der Waals surface area contributed by atoms with Gasteiger partial charge in [0.2, 0.25) is 5.91 Å². The Morgan fingerprint density at radius 1 is 1.02 bits per heavy atom. The van der Waals surface area contributed by atoms with Crippen LogP contribution in [0.4, 0.5) is 36.4 Å². The molecule has 0 radical (unpaired) electrons. The van der Waals surface area contributed by atoms with Gasteiger partial charge in [-0.05, 0) is 55.2 Å². The van der Waals surface area contributed by atoms with Gasteiger partial charge in [-0.2, -0.15) is 26.3 Å². The summed E-state index contributed by atoms with van der Waals surface area (Å²) in [6.45, 7) is -1.07. The third-order valence-corrected chi connectivity index (χ3v) is 7.25. The summed E-state index contributed by atoms with van der Waals surface area (Å²) in [5.74, 6) is -1.55. The number of alkyl halides is 6. The zero-order valence-electron chi connectivity index (χ0n) is 22.2. The van der Waals surface area contributed by atoms with Gasteiger partial charge in [0, 0.05) is 29.3 Å². The molecule has 4 N–H and O–H groups in total. The van der Waals surface area contributed by atoms with Gasteiger partial charge in [-0.1, -0.05) is 17.4 Å². The van der Waals surface area contributed by atoms with E-state index in [1.807, 2.05) is 0 Å². The van der Waals surface area contributed by atoms with E-state index in [2.05, 4.69) is 22.5 Å². The van der Waals surface area contributed by atoms with Crippen molar-refractivity contribution in [3.8, 4) is 17.6 Å². The minimum absolute atomic E-state index is 0.00213. The molecule has 0 heterocycles. The molecule has 2 fully saturated rings. The molecule has 4 atom stereocenters. The van der Waals surface area contributed by atoms with Crippen LogP contribution in [0.15, 0.2) is 48.0 Å². The maximum Gasteiger partial charge on any atom is 0.419 e. The first kappa shape index (κ1) is 31.8. The Morgan fingerprint density at radius 3 is 2.40 bits per heavy atom. The van der Waals surface area contributed by atoms with Crippen molar-refractivity contribution in [1.29, 1.82) is 0 Å². The Bertz CT molecular complexity index is 1480. The molecule has 2 saturated carbocycles. The SMILES string of the molecule is O=C(N[C@H]1[C@@H](C(=O)Nc2ccc(F)c(C(F)(F)F)c2)[C@H]2CC[C@@H]1/C2=C\C(F)(F)F)c1cc(C#CCO)ccc1OCCO. The second kappa shape index (κ2) is 12.6. The normalized spacial score (nSPS) is 22.2. The summed E-state index contributed by atoms with van der Waals surface area (Å²) in [7, 11) is 0. The number of aliphatic hydroxyl groups is 2. The van der Waals surface area contributed by atoms with Gasteiger partial charge in [-0.15, -0.1) is 0 Å². The van der Waals surface area contributed by atoms with E-state index in [0.717, 1.165) is 6.07 Å². The van der Waals surface area contributed by atoms with Gasteiger partial charge >= 0.3 is 12.4 Å². The van der Waals surface area contributed by atoms with E-state index in [1.165, 1.54) is 18.2 Å². The van der Waals surface area contributed by atoms with Crippen molar-refractivity contribution >= 4 is 17.5 Å². The molecule has 2 aromatic rings. The van der Waals surface area contributed by atoms with Crippen molar-refractivity contribution in [2.24, 2.45) is 17.8 Å². The molecule has 0 aliphatic heterocycles. The van der Waals surface area contributed by atoms with E-state index in [0.29, 0.717) is 12.1 Å². The Balaban J connectivity index is 1.69. The first-order valence-corrected chi connectivity index (χ1v) is 13.0.